The molecule has 0 spiro atoms. The van der Waals surface area contributed by atoms with Crippen molar-refractivity contribution in [3.05, 3.63) is 29.8 Å². The molecular formula is C17H27NO2. The van der Waals surface area contributed by atoms with Crippen molar-refractivity contribution >= 4 is 5.91 Å². The molecule has 0 radical (unpaired) electrons. The molecule has 0 fully saturated rings. The van der Waals surface area contributed by atoms with Crippen LogP contribution in [-0.4, -0.2) is 30.5 Å². The fourth-order valence-corrected chi connectivity index (χ4v) is 2.09. The smallest absolute Gasteiger partial charge is 0.260 e. The van der Waals surface area contributed by atoms with Gasteiger partial charge >= 0.3 is 0 Å². The highest BCUT2D eigenvalue weighted by Crippen LogP contribution is 2.18. The summed E-state index contributed by atoms with van der Waals surface area (Å²) in [7, 11) is 0. The number of carbonyl (C=O) groups excluding carboxylic acids is 1. The van der Waals surface area contributed by atoms with Crippen molar-refractivity contribution in [3.8, 4) is 5.75 Å². The normalized spacial score (nSPS) is 10.7. The number of carbonyl (C=O) groups is 1. The van der Waals surface area contributed by atoms with E-state index in [-0.39, 0.29) is 12.5 Å². The molecule has 0 atom stereocenters. The van der Waals surface area contributed by atoms with Crippen molar-refractivity contribution in [1.82, 2.24) is 4.90 Å². The Kier molecular flexibility index (Phi) is 7.13. The van der Waals surface area contributed by atoms with Gasteiger partial charge in [0.25, 0.3) is 5.91 Å². The van der Waals surface area contributed by atoms with Crippen molar-refractivity contribution in [2.45, 2.75) is 46.5 Å². The Bertz CT molecular complexity index is 392. The molecule has 1 aromatic rings. The predicted molar refractivity (Wildman–Crippen MR) is 83.2 cm³/mol. The number of nitrogens with zero attached hydrogens (tertiary/aromatic N) is 1. The average Bonchev–Trinajstić information content (AvgIpc) is 2.45. The fraction of sp³-hybridized carbons (Fsp3) is 0.588. The van der Waals surface area contributed by atoms with Gasteiger partial charge in [0.1, 0.15) is 5.75 Å². The summed E-state index contributed by atoms with van der Waals surface area (Å²) >= 11 is 0. The molecular weight excluding hydrogens is 250 g/mol. The molecule has 112 valence electrons. The van der Waals surface area contributed by atoms with E-state index in [4.69, 9.17) is 4.74 Å². The fourth-order valence-electron chi connectivity index (χ4n) is 2.09. The van der Waals surface area contributed by atoms with Crippen LogP contribution in [0.15, 0.2) is 24.3 Å². The van der Waals surface area contributed by atoms with Crippen LogP contribution in [0.5, 0.6) is 5.75 Å². The molecule has 0 unspecified atom stereocenters. The van der Waals surface area contributed by atoms with Gasteiger partial charge < -0.3 is 9.64 Å². The van der Waals surface area contributed by atoms with Gasteiger partial charge in [0.2, 0.25) is 0 Å². The zero-order valence-corrected chi connectivity index (χ0v) is 13.2. The van der Waals surface area contributed by atoms with Crippen LogP contribution in [0, 0.1) is 0 Å². The largest absolute Gasteiger partial charge is 0.484 e. The minimum Gasteiger partial charge on any atom is -0.484 e. The van der Waals surface area contributed by atoms with E-state index in [0.29, 0.717) is 5.92 Å². The maximum absolute atomic E-state index is 12.1. The van der Waals surface area contributed by atoms with E-state index in [1.165, 1.54) is 5.56 Å². The summed E-state index contributed by atoms with van der Waals surface area (Å²) in [6, 6.07) is 7.99. The lowest BCUT2D eigenvalue weighted by molar-refractivity contribution is -0.133. The van der Waals surface area contributed by atoms with E-state index < -0.39 is 0 Å². The van der Waals surface area contributed by atoms with Gasteiger partial charge in [-0.3, -0.25) is 4.79 Å². The molecule has 0 aliphatic carbocycles. The van der Waals surface area contributed by atoms with Crippen LogP contribution < -0.4 is 4.74 Å². The monoisotopic (exact) mass is 277 g/mol. The molecule has 0 aromatic heterocycles. The van der Waals surface area contributed by atoms with Gasteiger partial charge in [-0.15, -0.1) is 0 Å². The minimum atomic E-state index is 0.0710. The molecule has 1 rings (SSSR count). The van der Waals surface area contributed by atoms with Gasteiger partial charge in [0, 0.05) is 13.1 Å². The zero-order chi connectivity index (χ0) is 15.0. The Morgan fingerprint density at radius 1 is 1.10 bits per heavy atom. The first-order chi connectivity index (χ1) is 9.58. The Hall–Kier alpha value is -1.51. The predicted octanol–water partition coefficient (Wildman–Crippen LogP) is 3.84. The standard InChI is InChI=1S/C17H27NO2/c1-5-11-18(12-6-2)17(19)13-20-16-9-7-15(8-10-16)14(3)4/h7-10,14H,5-6,11-13H2,1-4H3. The Labute approximate surface area is 122 Å². The lowest BCUT2D eigenvalue weighted by Crippen LogP contribution is -2.36. The van der Waals surface area contributed by atoms with Crippen LogP contribution in [0.2, 0.25) is 0 Å². The molecule has 1 amide bonds. The molecule has 3 nitrogen and oxygen atoms in total. The second-order valence-corrected chi connectivity index (χ2v) is 5.39. The summed E-state index contributed by atoms with van der Waals surface area (Å²) in [5.74, 6) is 1.34. The van der Waals surface area contributed by atoms with E-state index in [9.17, 15) is 4.79 Å². The molecule has 0 heterocycles. The summed E-state index contributed by atoms with van der Waals surface area (Å²) in [5.41, 5.74) is 1.28. The SMILES string of the molecule is CCCN(CCC)C(=O)COc1ccc(C(C)C)cc1. The third kappa shape index (κ3) is 5.24. The molecule has 3 heteroatoms. The van der Waals surface area contributed by atoms with Gasteiger partial charge in [-0.2, -0.15) is 0 Å². The second kappa shape index (κ2) is 8.62. The van der Waals surface area contributed by atoms with Crippen molar-refractivity contribution in [2.75, 3.05) is 19.7 Å². The Morgan fingerprint density at radius 3 is 2.10 bits per heavy atom. The quantitative estimate of drug-likeness (QED) is 0.722. The number of ether oxygens (including phenoxy) is 1. The van der Waals surface area contributed by atoms with Crippen LogP contribution in [0.3, 0.4) is 0 Å². The molecule has 0 saturated carbocycles. The van der Waals surface area contributed by atoms with Crippen molar-refractivity contribution < 1.29 is 9.53 Å². The minimum absolute atomic E-state index is 0.0710. The van der Waals surface area contributed by atoms with Gasteiger partial charge in [-0.1, -0.05) is 39.8 Å². The maximum Gasteiger partial charge on any atom is 0.260 e. The van der Waals surface area contributed by atoms with Crippen LogP contribution in [0.4, 0.5) is 0 Å². The summed E-state index contributed by atoms with van der Waals surface area (Å²) in [4.78, 5) is 13.9. The topological polar surface area (TPSA) is 29.5 Å². The van der Waals surface area contributed by atoms with Gasteiger partial charge in [0.15, 0.2) is 6.61 Å². The lowest BCUT2D eigenvalue weighted by Gasteiger charge is -2.21. The highest BCUT2D eigenvalue weighted by atomic mass is 16.5. The maximum atomic E-state index is 12.1. The summed E-state index contributed by atoms with van der Waals surface area (Å²) in [6.45, 7) is 10.2. The van der Waals surface area contributed by atoms with E-state index >= 15 is 0 Å². The van der Waals surface area contributed by atoms with Crippen molar-refractivity contribution in [1.29, 1.82) is 0 Å². The number of benzene rings is 1. The van der Waals surface area contributed by atoms with Crippen LogP contribution >= 0.6 is 0 Å². The molecule has 0 aliphatic heterocycles. The van der Waals surface area contributed by atoms with Gasteiger partial charge in [-0.25, -0.2) is 0 Å². The van der Waals surface area contributed by atoms with E-state index in [2.05, 4.69) is 39.8 Å². The van der Waals surface area contributed by atoms with Gasteiger partial charge in [-0.05, 0) is 36.5 Å². The third-order valence-electron chi connectivity index (χ3n) is 3.25. The highest BCUT2D eigenvalue weighted by molar-refractivity contribution is 5.77. The van der Waals surface area contributed by atoms with E-state index in [1.54, 1.807) is 0 Å². The number of hydrogen-bond acceptors (Lipinski definition) is 2. The van der Waals surface area contributed by atoms with Gasteiger partial charge in [0.05, 0.1) is 0 Å². The van der Waals surface area contributed by atoms with E-state index in [0.717, 1.165) is 31.7 Å². The molecule has 0 saturated heterocycles. The first-order valence-electron chi connectivity index (χ1n) is 7.59. The first kappa shape index (κ1) is 16.5. The third-order valence-corrected chi connectivity index (χ3v) is 3.25. The molecule has 20 heavy (non-hydrogen) atoms. The lowest BCUT2D eigenvalue weighted by atomic mass is 10.0. The number of hydrogen-bond donors (Lipinski definition) is 0. The van der Waals surface area contributed by atoms with E-state index in [1.807, 2.05) is 17.0 Å². The molecule has 1 aromatic carbocycles. The van der Waals surface area contributed by atoms with Crippen LogP contribution in [-0.2, 0) is 4.79 Å². The number of amides is 1. The molecule has 0 N–H and O–H groups in total. The number of rotatable bonds is 8. The summed E-state index contributed by atoms with van der Waals surface area (Å²) in [5, 5.41) is 0. The van der Waals surface area contributed by atoms with Crippen molar-refractivity contribution in [2.24, 2.45) is 0 Å². The summed E-state index contributed by atoms with van der Waals surface area (Å²) in [6.07, 6.45) is 1.96. The Balaban J connectivity index is 2.50. The van der Waals surface area contributed by atoms with Crippen LogP contribution in [0.1, 0.15) is 52.0 Å². The average molecular weight is 277 g/mol. The summed E-state index contributed by atoms with van der Waals surface area (Å²) < 4.78 is 5.58. The van der Waals surface area contributed by atoms with Crippen LogP contribution in [0.25, 0.3) is 0 Å². The highest BCUT2D eigenvalue weighted by Gasteiger charge is 2.12. The Morgan fingerprint density at radius 2 is 1.65 bits per heavy atom. The molecule has 0 bridgehead atoms. The first-order valence-corrected chi connectivity index (χ1v) is 7.59. The zero-order valence-electron chi connectivity index (χ0n) is 13.2. The molecule has 0 aliphatic rings. The second-order valence-electron chi connectivity index (χ2n) is 5.39. The van der Waals surface area contributed by atoms with Crippen molar-refractivity contribution in [3.63, 3.8) is 0 Å².